The van der Waals surface area contributed by atoms with Gasteiger partial charge in [0.1, 0.15) is 19.8 Å². The molecule has 0 atom stereocenters. The Balaban J connectivity index is 0.000000194. The molecule has 13 rings (SSSR count). The van der Waals surface area contributed by atoms with Crippen LogP contribution in [0.2, 0.25) is 0 Å². The highest BCUT2D eigenvalue weighted by molar-refractivity contribution is 7.97. The number of thiophene rings is 1. The molecule has 0 aliphatic rings. The molecule has 1 heterocycles. The lowest BCUT2D eigenvalue weighted by Gasteiger charge is -2.26. The molecule has 0 aliphatic heterocycles. The molecule has 1 aromatic heterocycles. The van der Waals surface area contributed by atoms with Crippen molar-refractivity contribution in [3.05, 3.63) is 365 Å². The van der Waals surface area contributed by atoms with Gasteiger partial charge in [-0.3, -0.25) is 0 Å². The highest BCUT2D eigenvalue weighted by Crippen LogP contribution is 2.48. The van der Waals surface area contributed by atoms with Gasteiger partial charge in [0.25, 0.3) is 0 Å². The van der Waals surface area contributed by atoms with Crippen molar-refractivity contribution in [1.82, 2.24) is 0 Å². The quantitative estimate of drug-likeness (QED) is 0.0316. The van der Waals surface area contributed by atoms with E-state index >= 15 is 0 Å². The Kier molecular flexibility index (Phi) is 36.6. The second-order valence-electron chi connectivity index (χ2n) is 37.4. The lowest BCUT2D eigenvalue weighted by molar-refractivity contribution is -0.137. The van der Waals surface area contributed by atoms with Gasteiger partial charge in [0.15, 0.2) is 43.7 Å². The molecule has 131 heavy (non-hydrogen) atoms. The summed E-state index contributed by atoms with van der Waals surface area (Å²) in [5.74, 6) is -4.02. The first kappa shape index (κ1) is 106. The van der Waals surface area contributed by atoms with Gasteiger partial charge in [-0.05, 0) is 218 Å². The fourth-order valence-corrected chi connectivity index (χ4v) is 20.5. The summed E-state index contributed by atoms with van der Waals surface area (Å²) in [5, 5.41) is 2.79. The summed E-state index contributed by atoms with van der Waals surface area (Å²) < 4.78 is 152. The molecular weight excluding hydrogens is 1770 g/mol. The molecule has 15 nitrogen and oxygen atoms in total. The number of carbonyl (C=O) groups is 3. The zero-order valence-corrected chi connectivity index (χ0v) is 82.7. The molecule has 0 fully saturated rings. The average Bonchev–Trinajstić information content (AvgIpc) is 1.59. The summed E-state index contributed by atoms with van der Waals surface area (Å²) in [4.78, 5) is 44.7. The number of esters is 3. The van der Waals surface area contributed by atoms with Gasteiger partial charge < -0.3 is 27.9 Å². The van der Waals surface area contributed by atoms with Crippen LogP contribution in [0, 0.1) is 6.92 Å². The normalized spacial score (nSPS) is 12.1. The number of fused-ring (bicyclic) bond motifs is 3. The number of benzene rings is 12. The third-order valence-corrected chi connectivity index (χ3v) is 29.2. The van der Waals surface area contributed by atoms with E-state index in [1.54, 1.807) is 42.5 Å². The molecular formula is C107H119F3O15S6. The number of halogens is 3. The van der Waals surface area contributed by atoms with Crippen LogP contribution in [0.4, 0.5) is 13.2 Å². The summed E-state index contributed by atoms with van der Waals surface area (Å²) >= 11 is 0. The summed E-state index contributed by atoms with van der Waals surface area (Å²) in [7, 11) is -13.7. The minimum absolute atomic E-state index is 0.0229. The van der Waals surface area contributed by atoms with Crippen LogP contribution in [0.15, 0.2) is 333 Å². The van der Waals surface area contributed by atoms with Gasteiger partial charge in [0, 0.05) is 27.3 Å². The smallest absolute Gasteiger partial charge is 0.416 e. The third kappa shape index (κ3) is 33.3. The maximum absolute atomic E-state index is 13.0. The predicted molar refractivity (Wildman–Crippen MR) is 524 cm³/mol. The molecule has 0 unspecified atom stereocenters. The van der Waals surface area contributed by atoms with E-state index in [0.717, 1.165) is 49.2 Å². The van der Waals surface area contributed by atoms with Gasteiger partial charge in [0.05, 0.1) is 91.7 Å². The largest absolute Gasteiger partial charge is 0.748 e. The highest BCUT2D eigenvalue weighted by Gasteiger charge is 2.36. The molecule has 0 saturated carbocycles. The van der Waals surface area contributed by atoms with Gasteiger partial charge in [-0.15, -0.1) is 0 Å². The molecule has 0 radical (unpaired) electrons. The van der Waals surface area contributed by atoms with Crippen molar-refractivity contribution in [1.29, 1.82) is 0 Å². The van der Waals surface area contributed by atoms with Crippen molar-refractivity contribution in [2.75, 3.05) is 37.1 Å². The molecule has 0 bridgehead atoms. The minimum Gasteiger partial charge on any atom is -0.748 e. The molecule has 0 aliphatic carbocycles. The first-order chi connectivity index (χ1) is 60.9. The molecule has 0 saturated heterocycles. The van der Waals surface area contributed by atoms with Crippen LogP contribution in [0.3, 0.4) is 0 Å². The van der Waals surface area contributed by atoms with E-state index in [2.05, 4.69) is 189 Å². The molecule has 13 aromatic rings. The van der Waals surface area contributed by atoms with Crippen molar-refractivity contribution in [2.24, 2.45) is 0 Å². The fourth-order valence-electron chi connectivity index (χ4n) is 13.0. The molecule has 0 amide bonds. The van der Waals surface area contributed by atoms with E-state index in [0.29, 0.717) is 21.6 Å². The van der Waals surface area contributed by atoms with Crippen LogP contribution < -0.4 is 0 Å². The monoisotopic (exact) mass is 1890 g/mol. The zero-order chi connectivity index (χ0) is 96.9. The van der Waals surface area contributed by atoms with Crippen LogP contribution >= 0.6 is 10.5 Å². The lowest BCUT2D eigenvalue weighted by atomic mass is 9.79. The van der Waals surface area contributed by atoms with E-state index in [1.165, 1.54) is 57.5 Å². The second kappa shape index (κ2) is 45.3. The molecule has 694 valence electrons. The first-order valence-electron chi connectivity index (χ1n) is 42.7. The van der Waals surface area contributed by atoms with Crippen LogP contribution in [-0.2, 0) is 105 Å². The lowest BCUT2D eigenvalue weighted by Crippen LogP contribution is -2.19. The van der Waals surface area contributed by atoms with Gasteiger partial charge in [-0.1, -0.05) is 282 Å². The number of hydrogen-bond acceptors (Lipinski definition) is 15. The van der Waals surface area contributed by atoms with Crippen molar-refractivity contribution >= 4 is 101 Å². The number of carbonyl (C=O) groups excluding carboxylic acids is 3. The van der Waals surface area contributed by atoms with Gasteiger partial charge in [-0.2, -0.15) is 13.2 Å². The van der Waals surface area contributed by atoms with Crippen LogP contribution in [-0.4, -0.2) is 93.9 Å². The fraction of sp³-hybridized carbons (Fsp3) is 0.299. The predicted octanol–water partition coefficient (Wildman–Crippen LogP) is 25.6. The molecule has 0 spiro atoms. The third-order valence-electron chi connectivity index (χ3n) is 20.5. The summed E-state index contributed by atoms with van der Waals surface area (Å²) in [5.41, 5.74) is 6.89. The van der Waals surface area contributed by atoms with E-state index < -0.39 is 108 Å². The number of hydrogen-bond donors (Lipinski definition) is 0. The van der Waals surface area contributed by atoms with Gasteiger partial charge in [-0.25, -0.2) is 39.6 Å². The topological polar surface area (TPSA) is 250 Å². The van der Waals surface area contributed by atoms with Crippen molar-refractivity contribution in [3.8, 4) is 4.90 Å². The van der Waals surface area contributed by atoms with E-state index in [9.17, 15) is 66.5 Å². The van der Waals surface area contributed by atoms with E-state index in [4.69, 9.17) is 14.2 Å². The number of alkyl halides is 3. The Morgan fingerprint density at radius 3 is 0.786 bits per heavy atom. The maximum atomic E-state index is 13.0. The van der Waals surface area contributed by atoms with Crippen LogP contribution in [0.25, 0.3) is 25.1 Å². The SMILES string of the molecule is CC(C)(C)c1cc(C(=O)OCCS(=O)(=O)[O-])cc(C(C)(C)C)c1.CC(C)(C)c1cc(C(=O)OCCS(=O)(=O)[O-])cc(C(C)(C)C)c1.CC(C)(C)c1cc(C(=O)OCCS(=O)(=O)[O-])cc(C(C)(C)C)c1.Cc1ccc([S+](c2ccccc2)c2ccccc2)cc1.FC(F)(F)c1cccc([S+](c2ccccc2)c2ccccc2)c1.c1ccc(-[s+]2c3ccccc3c3ccccc32)cc1. The summed E-state index contributed by atoms with van der Waals surface area (Å²) in [6.07, 6.45) is -4.33. The summed E-state index contributed by atoms with van der Waals surface area (Å²) in [6, 6.07) is 100. The molecule has 24 heteroatoms. The Hall–Kier alpha value is -10.5. The van der Waals surface area contributed by atoms with Gasteiger partial charge in [0.2, 0.25) is 0 Å². The first-order valence-corrected chi connectivity index (χ1v) is 51.1. The Bertz CT molecular complexity index is 5810. The van der Waals surface area contributed by atoms with Crippen molar-refractivity contribution in [2.45, 2.75) is 200 Å². The standard InChI is InChI=1S/C19H14F3S.C19H17S.C18H13S.3C17H26O5S/c20-19(21,22)15-8-7-13-18(14-15)23(16-9-3-1-4-10-16)17-11-5-2-6-12-17;1-16-12-14-19(15-13-16)20(17-8-4-2-5-9-17)18-10-6-3-7-11-18;1-2-8-14(9-3-1)19-17-12-6-4-10-15(17)16-11-5-7-13-18(16)19;3*1-16(2,3)13-9-12(10-14(11-13)17(4,5)6)15(18)22-7-8-23(19,20)21/h1-14H;2-15H,1H3;1-13H;3*9-11H,7-8H2,1-6H3,(H,19,20,21)/q3*+1;;;/p-3. The zero-order valence-electron chi connectivity index (χ0n) is 77.8. The highest BCUT2D eigenvalue weighted by atomic mass is 32.2. The Morgan fingerprint density at radius 1 is 0.290 bits per heavy atom. The Labute approximate surface area is 781 Å². The number of aryl methyl sites for hydroxylation is 1. The molecule has 12 aromatic carbocycles. The van der Waals surface area contributed by atoms with E-state index in [1.807, 2.05) is 185 Å². The van der Waals surface area contributed by atoms with Crippen molar-refractivity contribution < 1.29 is 80.7 Å². The van der Waals surface area contributed by atoms with Crippen molar-refractivity contribution in [3.63, 3.8) is 0 Å². The van der Waals surface area contributed by atoms with Crippen LogP contribution in [0.5, 0.6) is 0 Å². The van der Waals surface area contributed by atoms with E-state index in [-0.39, 0.29) is 53.9 Å². The number of ether oxygens (including phenoxy) is 3. The number of rotatable bonds is 19. The minimum atomic E-state index is -4.39. The molecule has 0 N–H and O–H groups in total. The van der Waals surface area contributed by atoms with Crippen LogP contribution in [0.1, 0.15) is 200 Å². The summed E-state index contributed by atoms with van der Waals surface area (Å²) in [6.45, 7) is 37.7. The van der Waals surface area contributed by atoms with Gasteiger partial charge >= 0.3 is 24.1 Å². The Morgan fingerprint density at radius 2 is 0.527 bits per heavy atom. The second-order valence-corrected chi connectivity index (χ2v) is 48.0. The average molecular weight is 1890 g/mol. The maximum Gasteiger partial charge on any atom is 0.416 e.